The van der Waals surface area contributed by atoms with Crippen molar-refractivity contribution in [2.75, 3.05) is 9.80 Å². The maximum Gasteiger partial charge on any atom is 0.0462 e. The van der Waals surface area contributed by atoms with Crippen LogP contribution in [0.25, 0.3) is 61.7 Å². The first-order valence-electron chi connectivity index (χ1n) is 40.5. The van der Waals surface area contributed by atoms with Gasteiger partial charge in [0, 0.05) is 61.7 Å². The zero-order valence-electron chi connectivity index (χ0n) is 69.0. The second kappa shape index (κ2) is 25.9. The maximum absolute atomic E-state index is 4.60. The Hall–Kier alpha value is -10.3. The first kappa shape index (κ1) is 73.8. The third-order valence-electron chi connectivity index (χ3n) is 28.7. The molecule has 0 saturated carbocycles. The van der Waals surface area contributed by atoms with Crippen LogP contribution >= 0.6 is 0 Å². The largest absolute Gasteiger partial charge is 0.311 e. The second-order valence-electron chi connectivity index (χ2n) is 37.5. The van der Waals surface area contributed by atoms with Gasteiger partial charge in [0.1, 0.15) is 0 Å². The minimum atomic E-state index is -0.299. The highest BCUT2D eigenvalue weighted by molar-refractivity contribution is 5.92. The Morgan fingerprint density at radius 2 is 0.745 bits per heavy atom. The van der Waals surface area contributed by atoms with Crippen LogP contribution in [-0.4, -0.2) is 0 Å². The highest BCUT2D eigenvalue weighted by Gasteiger charge is 2.49. The summed E-state index contributed by atoms with van der Waals surface area (Å²) in [6.45, 7) is 58.2. The highest BCUT2D eigenvalue weighted by Crippen LogP contribution is 2.62. The molecule has 0 radical (unpaired) electrons. The number of allylic oxidation sites excluding steroid dienone is 6. The van der Waals surface area contributed by atoms with Crippen molar-refractivity contribution in [3.8, 4) is 55.6 Å². The smallest absolute Gasteiger partial charge is 0.0462 e. The molecule has 0 heterocycles. The highest BCUT2D eigenvalue weighted by atomic mass is 15.1. The summed E-state index contributed by atoms with van der Waals surface area (Å²) >= 11 is 0. The number of hydrogen-bond acceptors (Lipinski definition) is 2. The van der Waals surface area contributed by atoms with Gasteiger partial charge in [-0.1, -0.05) is 288 Å². The molecule has 5 aliphatic carbocycles. The molecular weight excluding hydrogens is 1330 g/mol. The predicted octanol–water partition coefficient (Wildman–Crippen LogP) is 30.2. The number of anilines is 6. The van der Waals surface area contributed by atoms with Crippen LogP contribution in [0, 0.1) is 5.41 Å². The van der Waals surface area contributed by atoms with Crippen molar-refractivity contribution in [3.63, 3.8) is 0 Å². The summed E-state index contributed by atoms with van der Waals surface area (Å²) in [7, 11) is 0. The zero-order valence-corrected chi connectivity index (χ0v) is 69.0. The van der Waals surface area contributed by atoms with Gasteiger partial charge in [0.25, 0.3) is 0 Å². The average molecular weight is 1440 g/mol. The predicted molar refractivity (Wildman–Crippen MR) is 474 cm³/mol. The first-order valence-corrected chi connectivity index (χ1v) is 40.5. The molecule has 554 valence electrons. The van der Waals surface area contributed by atoms with Gasteiger partial charge in [-0.25, -0.2) is 0 Å². The van der Waals surface area contributed by atoms with Gasteiger partial charge in [0.2, 0.25) is 0 Å². The molecule has 11 aromatic carbocycles. The van der Waals surface area contributed by atoms with E-state index < -0.39 is 0 Å². The fourth-order valence-electron chi connectivity index (χ4n) is 19.5. The van der Waals surface area contributed by atoms with Crippen LogP contribution in [0.4, 0.5) is 34.1 Å². The molecule has 0 spiro atoms. The molecule has 0 saturated heterocycles. The summed E-state index contributed by atoms with van der Waals surface area (Å²) in [5, 5.41) is 0. The Morgan fingerprint density at radius 3 is 1.19 bits per heavy atom. The molecule has 16 rings (SSSR count). The van der Waals surface area contributed by atoms with E-state index in [2.05, 4.69) is 410 Å². The van der Waals surface area contributed by atoms with E-state index >= 15 is 0 Å². The van der Waals surface area contributed by atoms with Crippen molar-refractivity contribution < 1.29 is 0 Å². The average Bonchev–Trinajstić information content (AvgIpc) is 1.54. The van der Waals surface area contributed by atoms with Crippen LogP contribution in [0.3, 0.4) is 0 Å². The standard InChI is InChI=1S/C108H112N2/c1-23-68-28-44-78(45-29-68)109(82-52-39-75(40-53-82)104(16,17)101(9,10)11)79-46-31-70(32-47-79)72-35-57-84-88-64-95-89(65-94(88)102(12,13)92(84)61-72)85-59-43-77(63-93(85)103(95,14)15)106(20,21)105(18,19)76-41-54-83(55-42-76)110(81-50-37-74(38-51-81)100(6,7)8)80-48-33-71(34-49-80)73-36-58-87-91-66-97-90(67-99(91)108(26-4,27-5)98(87)62-73)86-56-30-69(24-2)60-96(86)107(97,22)25-3/h23,25-26,28-55,57-67,86H,1,3-4,24,27,56H2,2,5-22H3. The molecule has 2 heteroatoms. The van der Waals surface area contributed by atoms with Crippen molar-refractivity contribution in [1.82, 2.24) is 0 Å². The van der Waals surface area contributed by atoms with Gasteiger partial charge >= 0.3 is 0 Å². The molecule has 0 aromatic heterocycles. The zero-order chi connectivity index (χ0) is 77.9. The van der Waals surface area contributed by atoms with Crippen molar-refractivity contribution in [3.05, 3.63) is 352 Å². The van der Waals surface area contributed by atoms with Crippen molar-refractivity contribution >= 4 is 40.2 Å². The third-order valence-corrected chi connectivity index (χ3v) is 28.7. The lowest BCUT2D eigenvalue weighted by Gasteiger charge is -2.43. The second-order valence-corrected chi connectivity index (χ2v) is 37.5. The minimum absolute atomic E-state index is 0.00591. The van der Waals surface area contributed by atoms with Gasteiger partial charge in [0.05, 0.1) is 0 Å². The molecule has 0 fully saturated rings. The van der Waals surface area contributed by atoms with Crippen LogP contribution in [-0.2, 0) is 43.3 Å². The molecule has 0 N–H and O–H groups in total. The molecule has 3 unspecified atom stereocenters. The number of benzene rings is 11. The third kappa shape index (κ3) is 11.3. The molecule has 3 atom stereocenters. The summed E-state index contributed by atoms with van der Waals surface area (Å²) in [4.78, 5) is 4.80. The Bertz CT molecular complexity index is 5600. The number of fused-ring (bicyclic) bond motifs is 12. The first-order chi connectivity index (χ1) is 52.1. The molecule has 11 aromatic rings. The summed E-state index contributed by atoms with van der Waals surface area (Å²) in [6.07, 6.45) is 14.3. The van der Waals surface area contributed by atoms with Crippen LogP contribution in [0.2, 0.25) is 0 Å². The SMILES string of the molecule is C=Cc1ccc(N(c2ccc(-c3ccc4c(c3)C(C)(C)c3cc5c(cc3-4)C(C)(C)c3cc(C(C)(C)C(C)(C)c4ccc(N(c6ccc(-c7ccc8c(c7)C(C=C)(CC)c7cc9c(cc7-8)C(C)(C=C)C7=CC(CC)=CCC79)cc6)c6ccc(C(C)(C)C)cc6)cc4)ccc3-5)cc2)c2ccc(C(C)(C)C(C)(C)C)cc2)cc1. The number of rotatable bonds is 17. The maximum atomic E-state index is 4.60. The van der Waals surface area contributed by atoms with Crippen LogP contribution in [0.15, 0.2) is 280 Å². The molecule has 110 heavy (non-hydrogen) atoms. The molecule has 0 amide bonds. The Balaban J connectivity index is 0.662. The number of nitrogens with zero attached hydrogens (tertiary/aromatic N) is 2. The minimum Gasteiger partial charge on any atom is -0.311 e. The lowest BCUT2D eigenvalue weighted by atomic mass is 9.60. The van der Waals surface area contributed by atoms with Crippen LogP contribution < -0.4 is 9.80 Å². The van der Waals surface area contributed by atoms with Crippen molar-refractivity contribution in [2.24, 2.45) is 5.41 Å². The molecule has 0 bridgehead atoms. The van der Waals surface area contributed by atoms with Gasteiger partial charge in [-0.15, -0.1) is 13.2 Å². The fourth-order valence-corrected chi connectivity index (χ4v) is 19.5. The van der Waals surface area contributed by atoms with Crippen LogP contribution in [0.5, 0.6) is 0 Å². The van der Waals surface area contributed by atoms with E-state index in [-0.39, 0.29) is 48.7 Å². The van der Waals surface area contributed by atoms with E-state index in [4.69, 9.17) is 0 Å². The van der Waals surface area contributed by atoms with E-state index in [1.165, 1.54) is 134 Å². The van der Waals surface area contributed by atoms with E-state index in [0.29, 0.717) is 5.92 Å². The lowest BCUT2D eigenvalue weighted by molar-refractivity contribution is 0.225. The summed E-state index contributed by atoms with van der Waals surface area (Å²) in [6, 6.07) is 87.1. The van der Waals surface area contributed by atoms with E-state index in [9.17, 15) is 0 Å². The topological polar surface area (TPSA) is 6.48 Å². The van der Waals surface area contributed by atoms with Gasteiger partial charge < -0.3 is 9.80 Å². The van der Waals surface area contributed by atoms with Crippen molar-refractivity contribution in [2.45, 2.75) is 200 Å². The lowest BCUT2D eigenvalue weighted by Crippen LogP contribution is -2.40. The van der Waals surface area contributed by atoms with Gasteiger partial charge in [-0.2, -0.15) is 0 Å². The normalized spacial score (nSPS) is 18.3. The van der Waals surface area contributed by atoms with E-state index in [0.717, 1.165) is 59.0 Å². The molecular formula is C108H112N2. The van der Waals surface area contributed by atoms with Gasteiger partial charge in [-0.3, -0.25) is 0 Å². The fraction of sp³-hybridized carbons (Fsp3) is 0.296. The Morgan fingerprint density at radius 1 is 0.373 bits per heavy atom. The van der Waals surface area contributed by atoms with Gasteiger partial charge in [0.15, 0.2) is 0 Å². The monoisotopic (exact) mass is 1440 g/mol. The van der Waals surface area contributed by atoms with Crippen LogP contribution in [0.1, 0.15) is 229 Å². The molecule has 0 aliphatic heterocycles. The summed E-state index contributed by atoms with van der Waals surface area (Å²) < 4.78 is 0. The molecule has 5 aliphatic rings. The molecule has 2 nitrogen and oxygen atoms in total. The number of hydrogen-bond donors (Lipinski definition) is 0. The van der Waals surface area contributed by atoms with Crippen molar-refractivity contribution in [1.29, 1.82) is 0 Å². The Labute approximate surface area is 658 Å². The Kier molecular flexibility index (Phi) is 17.4. The summed E-state index contributed by atoms with van der Waals surface area (Å²) in [5.74, 6) is 0.370. The van der Waals surface area contributed by atoms with Gasteiger partial charge in [-0.05, 0) is 290 Å². The van der Waals surface area contributed by atoms with E-state index in [1.807, 2.05) is 6.08 Å². The van der Waals surface area contributed by atoms with E-state index in [1.54, 1.807) is 0 Å². The quantitative estimate of drug-likeness (QED) is 0.0839. The summed E-state index contributed by atoms with van der Waals surface area (Å²) in [5.41, 5.74) is 38.9.